The van der Waals surface area contributed by atoms with Crippen molar-refractivity contribution in [3.8, 4) is 0 Å². The minimum Gasteiger partial charge on any atom is -0.428 e. The standard InChI is InChI=1S/C6H10N3.Re/c1-6(2,3)5-7-4-8-9-5;/h4H,1-3H3;/q-1;. The van der Waals surface area contributed by atoms with E-state index in [1.54, 1.807) is 0 Å². The predicted octanol–water partition coefficient (Wildman–Crippen LogP) is 0.729. The van der Waals surface area contributed by atoms with Gasteiger partial charge < -0.3 is 10.1 Å². The first-order chi connectivity index (χ1) is 4.11. The molecule has 0 saturated carbocycles. The summed E-state index contributed by atoms with van der Waals surface area (Å²) in [7, 11) is 0. The molecule has 1 radical (unpaired) electrons. The molecule has 0 aliphatic carbocycles. The fraction of sp³-hybridized carbons (Fsp3) is 0.667. The van der Waals surface area contributed by atoms with Crippen molar-refractivity contribution in [2.75, 3.05) is 0 Å². The average Bonchev–Trinajstić information content (AvgIpc) is 2.08. The summed E-state index contributed by atoms with van der Waals surface area (Å²) in [5.74, 6) is 0.808. The van der Waals surface area contributed by atoms with Crippen LogP contribution >= 0.6 is 0 Å². The van der Waals surface area contributed by atoms with Gasteiger partial charge in [-0.25, -0.2) is 0 Å². The van der Waals surface area contributed by atoms with E-state index in [-0.39, 0.29) is 25.8 Å². The first-order valence-corrected chi connectivity index (χ1v) is 2.91. The molecule has 0 aliphatic heterocycles. The number of hydrogen-bond acceptors (Lipinski definition) is 2. The third kappa shape index (κ3) is 2.20. The summed E-state index contributed by atoms with van der Waals surface area (Å²) in [6, 6.07) is 0. The molecule has 0 unspecified atom stereocenters. The average molecular weight is 310 g/mol. The molecule has 0 N–H and O–H groups in total. The van der Waals surface area contributed by atoms with Crippen LogP contribution in [0.15, 0.2) is 6.33 Å². The van der Waals surface area contributed by atoms with Gasteiger partial charge in [-0.1, -0.05) is 26.6 Å². The molecule has 0 fully saturated rings. The predicted molar refractivity (Wildman–Crippen MR) is 34.1 cm³/mol. The van der Waals surface area contributed by atoms with Gasteiger partial charge in [0.05, 0.1) is 0 Å². The third-order valence-electron chi connectivity index (χ3n) is 1.05. The Kier molecular flexibility index (Phi) is 3.20. The van der Waals surface area contributed by atoms with Crippen molar-refractivity contribution in [1.82, 2.24) is 15.2 Å². The summed E-state index contributed by atoms with van der Waals surface area (Å²) >= 11 is 0. The van der Waals surface area contributed by atoms with Gasteiger partial charge in [0.15, 0.2) is 0 Å². The van der Waals surface area contributed by atoms with Crippen molar-refractivity contribution in [3.05, 3.63) is 12.2 Å². The summed E-state index contributed by atoms with van der Waals surface area (Å²) in [6.07, 6.45) is 1.47. The molecule has 0 aliphatic rings. The van der Waals surface area contributed by atoms with Crippen molar-refractivity contribution < 1.29 is 20.4 Å². The number of nitrogens with zero attached hydrogens (tertiary/aromatic N) is 3. The van der Waals surface area contributed by atoms with Crippen LogP contribution in [0.3, 0.4) is 0 Å². The zero-order chi connectivity index (χ0) is 6.91. The quantitative estimate of drug-likeness (QED) is 0.709. The van der Waals surface area contributed by atoms with Crippen LogP contribution in [0.1, 0.15) is 26.6 Å². The number of rotatable bonds is 0. The molecule has 0 saturated heterocycles. The molecule has 0 amide bonds. The minimum absolute atomic E-state index is 0. The first-order valence-electron chi connectivity index (χ1n) is 2.91. The van der Waals surface area contributed by atoms with Gasteiger partial charge in [-0.3, -0.25) is 5.10 Å². The zero-order valence-corrected chi connectivity index (χ0v) is 9.01. The van der Waals surface area contributed by atoms with Gasteiger partial charge in [0, 0.05) is 26.8 Å². The molecule has 1 aromatic heterocycles. The second-order valence-corrected chi connectivity index (χ2v) is 3.03. The molecule has 0 atom stereocenters. The maximum Gasteiger partial charge on any atom is 0.0122 e. The number of aromatic nitrogens is 3. The van der Waals surface area contributed by atoms with Gasteiger partial charge in [0.1, 0.15) is 0 Å². The van der Waals surface area contributed by atoms with Crippen molar-refractivity contribution >= 4 is 0 Å². The summed E-state index contributed by atoms with van der Waals surface area (Å²) < 4.78 is 0. The van der Waals surface area contributed by atoms with E-state index in [1.807, 2.05) is 0 Å². The Morgan fingerprint density at radius 3 is 2.20 bits per heavy atom. The Hall–Kier alpha value is -0.198. The minimum atomic E-state index is 0. The Bertz CT molecular complexity index is 175. The molecule has 0 spiro atoms. The molecule has 10 heavy (non-hydrogen) atoms. The maximum absolute atomic E-state index is 3.97. The Morgan fingerprint density at radius 2 is 2.00 bits per heavy atom. The molecule has 57 valence electrons. The summed E-state index contributed by atoms with van der Waals surface area (Å²) in [6.45, 7) is 6.18. The SMILES string of the molecule is CC(C)(C)c1ncn[n-]1.[Re]. The molecule has 1 heterocycles. The zero-order valence-electron chi connectivity index (χ0n) is 6.30. The van der Waals surface area contributed by atoms with Crippen LogP contribution in [-0.4, -0.2) is 10.1 Å². The molecular formula is C6H10N3Re-. The number of hydrogen-bond donors (Lipinski definition) is 0. The molecule has 0 bridgehead atoms. The van der Waals surface area contributed by atoms with E-state index < -0.39 is 0 Å². The molecule has 4 heteroatoms. The molecule has 0 aromatic carbocycles. The van der Waals surface area contributed by atoms with Gasteiger partial charge >= 0.3 is 0 Å². The van der Waals surface area contributed by atoms with Crippen LogP contribution in [0.2, 0.25) is 0 Å². The maximum atomic E-state index is 3.97. The van der Waals surface area contributed by atoms with Gasteiger partial charge in [0.25, 0.3) is 0 Å². The van der Waals surface area contributed by atoms with E-state index >= 15 is 0 Å². The third-order valence-corrected chi connectivity index (χ3v) is 1.05. The summed E-state index contributed by atoms with van der Waals surface area (Å²) in [4.78, 5) is 3.97. The van der Waals surface area contributed by atoms with E-state index in [0.717, 1.165) is 5.82 Å². The largest absolute Gasteiger partial charge is 0.428 e. The Balaban J connectivity index is 0.000000810. The monoisotopic (exact) mass is 311 g/mol. The van der Waals surface area contributed by atoms with Crippen molar-refractivity contribution in [1.29, 1.82) is 0 Å². The van der Waals surface area contributed by atoms with E-state index in [9.17, 15) is 0 Å². The smallest absolute Gasteiger partial charge is 0.0122 e. The van der Waals surface area contributed by atoms with Gasteiger partial charge in [0.2, 0.25) is 0 Å². The van der Waals surface area contributed by atoms with Crippen LogP contribution in [0.25, 0.3) is 0 Å². The molecule has 3 nitrogen and oxygen atoms in total. The van der Waals surface area contributed by atoms with E-state index in [1.165, 1.54) is 6.33 Å². The van der Waals surface area contributed by atoms with Crippen LogP contribution in [-0.2, 0) is 25.8 Å². The summed E-state index contributed by atoms with van der Waals surface area (Å²) in [5, 5.41) is 7.45. The second kappa shape index (κ2) is 3.27. The topological polar surface area (TPSA) is 39.9 Å². The fourth-order valence-corrected chi connectivity index (χ4v) is 0.530. The Morgan fingerprint density at radius 1 is 1.40 bits per heavy atom. The van der Waals surface area contributed by atoms with Crippen LogP contribution in [0.5, 0.6) is 0 Å². The van der Waals surface area contributed by atoms with Crippen molar-refractivity contribution in [2.24, 2.45) is 0 Å². The van der Waals surface area contributed by atoms with Gasteiger partial charge in [-0.05, 0) is 5.41 Å². The summed E-state index contributed by atoms with van der Waals surface area (Å²) in [5.41, 5.74) is 0.0382. The molecule has 1 aromatic rings. The van der Waals surface area contributed by atoms with Gasteiger partial charge in [-0.2, -0.15) is 0 Å². The molecule has 1 rings (SSSR count). The Labute approximate surface area is 74.3 Å². The first kappa shape index (κ1) is 9.80. The van der Waals surface area contributed by atoms with Gasteiger partial charge in [-0.15, -0.1) is 0 Å². The van der Waals surface area contributed by atoms with E-state index in [0.29, 0.717) is 0 Å². The van der Waals surface area contributed by atoms with Crippen LogP contribution in [0.4, 0.5) is 0 Å². The second-order valence-electron chi connectivity index (χ2n) is 3.03. The normalized spacial score (nSPS) is 10.7. The fourth-order valence-electron chi connectivity index (χ4n) is 0.530. The van der Waals surface area contributed by atoms with Crippen LogP contribution < -0.4 is 5.10 Å². The van der Waals surface area contributed by atoms with E-state index in [4.69, 9.17) is 0 Å². The molecular weight excluding hydrogens is 300 g/mol. The van der Waals surface area contributed by atoms with Crippen molar-refractivity contribution in [2.45, 2.75) is 26.2 Å². The van der Waals surface area contributed by atoms with E-state index in [2.05, 4.69) is 36.0 Å². The van der Waals surface area contributed by atoms with Crippen LogP contribution in [0, 0.1) is 0 Å². The van der Waals surface area contributed by atoms with Crippen molar-refractivity contribution in [3.63, 3.8) is 0 Å².